The number of fused-ring (bicyclic) bond motifs is 1. The van der Waals surface area contributed by atoms with Crippen molar-refractivity contribution in [1.82, 2.24) is 15.6 Å². The number of carbonyl (C=O) groups excluding carboxylic acids is 1. The topological polar surface area (TPSA) is 66.1 Å². The van der Waals surface area contributed by atoms with Crippen molar-refractivity contribution in [2.24, 2.45) is 0 Å². The number of benzene rings is 1. The summed E-state index contributed by atoms with van der Waals surface area (Å²) in [5.74, 6) is -0.109. The minimum absolute atomic E-state index is 0.109. The van der Waals surface area contributed by atoms with Gasteiger partial charge in [-0.25, -0.2) is 0 Å². The maximum absolute atomic E-state index is 11.9. The smallest absolute Gasteiger partial charge is 0.253 e. The van der Waals surface area contributed by atoms with Crippen LogP contribution in [-0.4, -0.2) is 37.1 Å². The molecule has 20 heavy (non-hydrogen) atoms. The number of aromatic nitrogens is 1. The van der Waals surface area contributed by atoms with E-state index >= 15 is 0 Å². The Bertz CT molecular complexity index is 635. The molecule has 104 valence electrons. The molecular formula is C15H18N4O. The number of nitrogens with zero attached hydrogens (tertiary/aromatic N) is 1. The first-order valence-electron chi connectivity index (χ1n) is 6.86. The van der Waals surface area contributed by atoms with E-state index in [2.05, 4.69) is 20.9 Å². The summed E-state index contributed by atoms with van der Waals surface area (Å²) in [6.07, 6.45) is 2.83. The Labute approximate surface area is 117 Å². The molecule has 0 bridgehead atoms. The van der Waals surface area contributed by atoms with E-state index in [4.69, 9.17) is 0 Å². The SMILES string of the molecule is CNC(=O)c1ccc(NC2CCNC2)c2cccnc12. The van der Waals surface area contributed by atoms with Crippen LogP contribution in [0.2, 0.25) is 0 Å². The van der Waals surface area contributed by atoms with Gasteiger partial charge in [0.05, 0.1) is 11.1 Å². The molecule has 1 aromatic carbocycles. The number of pyridine rings is 1. The van der Waals surface area contributed by atoms with E-state index in [-0.39, 0.29) is 5.91 Å². The first-order valence-corrected chi connectivity index (χ1v) is 6.86. The Morgan fingerprint density at radius 3 is 3.05 bits per heavy atom. The molecule has 0 aliphatic carbocycles. The molecule has 2 aromatic rings. The summed E-state index contributed by atoms with van der Waals surface area (Å²) in [6, 6.07) is 8.13. The third-order valence-electron chi connectivity index (χ3n) is 3.66. The molecule has 0 saturated carbocycles. The fourth-order valence-electron chi connectivity index (χ4n) is 2.61. The Kier molecular flexibility index (Phi) is 3.52. The number of nitrogens with one attached hydrogen (secondary N) is 3. The normalized spacial score (nSPS) is 18.1. The lowest BCUT2D eigenvalue weighted by molar-refractivity contribution is 0.0964. The summed E-state index contributed by atoms with van der Waals surface area (Å²) in [5.41, 5.74) is 2.38. The van der Waals surface area contributed by atoms with E-state index in [1.54, 1.807) is 13.2 Å². The van der Waals surface area contributed by atoms with E-state index in [0.717, 1.165) is 36.1 Å². The molecule has 1 saturated heterocycles. The third-order valence-corrected chi connectivity index (χ3v) is 3.66. The van der Waals surface area contributed by atoms with Crippen molar-refractivity contribution in [3.05, 3.63) is 36.0 Å². The van der Waals surface area contributed by atoms with Gasteiger partial charge in [-0.1, -0.05) is 0 Å². The van der Waals surface area contributed by atoms with Crippen molar-refractivity contribution in [2.45, 2.75) is 12.5 Å². The van der Waals surface area contributed by atoms with Gasteiger partial charge >= 0.3 is 0 Å². The lowest BCUT2D eigenvalue weighted by Crippen LogP contribution is -2.23. The summed E-state index contributed by atoms with van der Waals surface area (Å²) in [6.45, 7) is 2.02. The van der Waals surface area contributed by atoms with E-state index in [1.165, 1.54) is 0 Å². The summed E-state index contributed by atoms with van der Waals surface area (Å²) >= 11 is 0. The monoisotopic (exact) mass is 270 g/mol. The molecule has 1 unspecified atom stereocenters. The van der Waals surface area contributed by atoms with Crippen LogP contribution in [-0.2, 0) is 0 Å². The molecule has 1 atom stereocenters. The second-order valence-electron chi connectivity index (χ2n) is 4.97. The number of anilines is 1. The van der Waals surface area contributed by atoms with Crippen LogP contribution in [0.3, 0.4) is 0 Å². The molecule has 2 heterocycles. The largest absolute Gasteiger partial charge is 0.380 e. The van der Waals surface area contributed by atoms with E-state index < -0.39 is 0 Å². The van der Waals surface area contributed by atoms with Gasteiger partial charge in [-0.15, -0.1) is 0 Å². The molecule has 1 fully saturated rings. The molecule has 5 nitrogen and oxygen atoms in total. The van der Waals surface area contributed by atoms with Crippen LogP contribution >= 0.6 is 0 Å². The number of rotatable bonds is 3. The fourth-order valence-corrected chi connectivity index (χ4v) is 2.61. The second-order valence-corrected chi connectivity index (χ2v) is 4.97. The van der Waals surface area contributed by atoms with Crippen LogP contribution in [0.1, 0.15) is 16.8 Å². The molecule has 0 spiro atoms. The van der Waals surface area contributed by atoms with E-state index in [9.17, 15) is 4.79 Å². The quantitative estimate of drug-likeness (QED) is 0.788. The predicted octanol–water partition coefficient (Wildman–Crippen LogP) is 1.37. The standard InChI is InChI=1S/C15H18N4O/c1-16-15(20)12-4-5-13(19-10-6-8-17-9-10)11-3-2-7-18-14(11)12/h2-5,7,10,17,19H,6,8-9H2,1H3,(H,16,20). The zero-order chi connectivity index (χ0) is 13.9. The zero-order valence-corrected chi connectivity index (χ0v) is 11.4. The van der Waals surface area contributed by atoms with Crippen LogP contribution in [0.15, 0.2) is 30.5 Å². The third kappa shape index (κ3) is 2.32. The molecule has 1 aromatic heterocycles. The number of amides is 1. The molecule has 1 aliphatic heterocycles. The Morgan fingerprint density at radius 1 is 1.40 bits per heavy atom. The lowest BCUT2D eigenvalue weighted by atomic mass is 10.1. The van der Waals surface area contributed by atoms with Crippen LogP contribution in [0, 0.1) is 0 Å². The first-order chi connectivity index (χ1) is 9.79. The highest BCUT2D eigenvalue weighted by Crippen LogP contribution is 2.26. The van der Waals surface area contributed by atoms with Crippen molar-refractivity contribution < 1.29 is 4.79 Å². The van der Waals surface area contributed by atoms with Crippen LogP contribution in [0.25, 0.3) is 10.9 Å². The molecule has 0 radical (unpaired) electrons. The molecule has 3 rings (SSSR count). The van der Waals surface area contributed by atoms with Gasteiger partial charge in [0.2, 0.25) is 0 Å². The lowest BCUT2D eigenvalue weighted by Gasteiger charge is -2.16. The Morgan fingerprint density at radius 2 is 2.30 bits per heavy atom. The van der Waals surface area contributed by atoms with Crippen molar-refractivity contribution >= 4 is 22.5 Å². The zero-order valence-electron chi connectivity index (χ0n) is 11.4. The maximum atomic E-state index is 11.9. The molecule has 5 heteroatoms. The minimum Gasteiger partial charge on any atom is -0.380 e. The van der Waals surface area contributed by atoms with Crippen molar-refractivity contribution in [3.63, 3.8) is 0 Å². The van der Waals surface area contributed by atoms with Gasteiger partial charge in [0.15, 0.2) is 0 Å². The predicted molar refractivity (Wildman–Crippen MR) is 80.0 cm³/mol. The molecular weight excluding hydrogens is 252 g/mol. The summed E-state index contributed by atoms with van der Waals surface area (Å²) < 4.78 is 0. The molecule has 1 amide bonds. The number of hydrogen-bond donors (Lipinski definition) is 3. The summed E-state index contributed by atoms with van der Waals surface area (Å²) in [4.78, 5) is 16.3. The number of hydrogen-bond acceptors (Lipinski definition) is 4. The minimum atomic E-state index is -0.109. The molecule has 3 N–H and O–H groups in total. The fraction of sp³-hybridized carbons (Fsp3) is 0.333. The summed E-state index contributed by atoms with van der Waals surface area (Å²) in [7, 11) is 1.63. The van der Waals surface area contributed by atoms with E-state index in [1.807, 2.05) is 24.3 Å². The van der Waals surface area contributed by atoms with Gasteiger partial charge < -0.3 is 16.0 Å². The Hall–Kier alpha value is -2.14. The average molecular weight is 270 g/mol. The maximum Gasteiger partial charge on any atom is 0.253 e. The Balaban J connectivity index is 2.03. The highest BCUT2D eigenvalue weighted by atomic mass is 16.1. The van der Waals surface area contributed by atoms with Crippen molar-refractivity contribution in [1.29, 1.82) is 0 Å². The summed E-state index contributed by atoms with van der Waals surface area (Å²) in [5, 5.41) is 10.5. The average Bonchev–Trinajstić information content (AvgIpc) is 3.00. The van der Waals surface area contributed by atoms with Crippen LogP contribution in [0.4, 0.5) is 5.69 Å². The van der Waals surface area contributed by atoms with Crippen LogP contribution < -0.4 is 16.0 Å². The second kappa shape index (κ2) is 5.46. The number of carbonyl (C=O) groups is 1. The van der Waals surface area contributed by atoms with Gasteiger partial charge in [-0.3, -0.25) is 9.78 Å². The highest BCUT2D eigenvalue weighted by molar-refractivity contribution is 6.08. The van der Waals surface area contributed by atoms with Gasteiger partial charge in [-0.2, -0.15) is 0 Å². The van der Waals surface area contributed by atoms with Gasteiger partial charge in [0.25, 0.3) is 5.91 Å². The van der Waals surface area contributed by atoms with Crippen molar-refractivity contribution in [2.75, 3.05) is 25.5 Å². The highest BCUT2D eigenvalue weighted by Gasteiger charge is 2.17. The van der Waals surface area contributed by atoms with Crippen LogP contribution in [0.5, 0.6) is 0 Å². The van der Waals surface area contributed by atoms with Gasteiger partial charge in [0, 0.05) is 36.9 Å². The molecule has 1 aliphatic rings. The first kappa shape index (κ1) is 12.9. The van der Waals surface area contributed by atoms with Crippen molar-refractivity contribution in [3.8, 4) is 0 Å². The van der Waals surface area contributed by atoms with Gasteiger partial charge in [0.1, 0.15) is 0 Å². The van der Waals surface area contributed by atoms with E-state index in [0.29, 0.717) is 11.6 Å². The van der Waals surface area contributed by atoms with Gasteiger partial charge in [-0.05, 0) is 37.2 Å².